The summed E-state index contributed by atoms with van der Waals surface area (Å²) >= 11 is 0. The van der Waals surface area contributed by atoms with Crippen LogP contribution < -0.4 is 5.32 Å². The first-order chi connectivity index (χ1) is 10.2. The van der Waals surface area contributed by atoms with E-state index in [0.717, 1.165) is 31.5 Å². The number of hydrogen-bond donors (Lipinski definition) is 1. The molecule has 21 heavy (non-hydrogen) atoms. The van der Waals surface area contributed by atoms with Crippen LogP contribution in [0.25, 0.3) is 0 Å². The van der Waals surface area contributed by atoms with Gasteiger partial charge >= 0.3 is 0 Å². The highest BCUT2D eigenvalue weighted by Gasteiger charge is 2.33. The molecule has 0 aromatic heterocycles. The summed E-state index contributed by atoms with van der Waals surface area (Å²) in [6, 6.07) is 10.8. The standard InChI is InChI=1S/C19H30N2/c1-15(2)20-12-11-16-3-5-17(6-4-16)13-21(19-9-10-19)14-18-7-8-18/h3-6,15,18-20H,7-14H2,1-2H3. The lowest BCUT2D eigenvalue weighted by atomic mass is 10.1. The zero-order valence-corrected chi connectivity index (χ0v) is 13.6. The molecule has 2 saturated carbocycles. The van der Waals surface area contributed by atoms with E-state index < -0.39 is 0 Å². The Morgan fingerprint density at radius 3 is 2.29 bits per heavy atom. The van der Waals surface area contributed by atoms with Crippen LogP contribution in [0.15, 0.2) is 24.3 Å². The van der Waals surface area contributed by atoms with E-state index in [-0.39, 0.29) is 0 Å². The smallest absolute Gasteiger partial charge is 0.0236 e. The minimum atomic E-state index is 0.582. The van der Waals surface area contributed by atoms with Gasteiger partial charge in [-0.05, 0) is 55.7 Å². The molecule has 2 aliphatic carbocycles. The second-order valence-corrected chi connectivity index (χ2v) is 7.28. The molecule has 0 atom stereocenters. The Kier molecular flexibility index (Phi) is 4.97. The van der Waals surface area contributed by atoms with E-state index in [0.29, 0.717) is 6.04 Å². The van der Waals surface area contributed by atoms with Gasteiger partial charge in [0, 0.05) is 25.2 Å². The van der Waals surface area contributed by atoms with Gasteiger partial charge in [-0.25, -0.2) is 0 Å². The van der Waals surface area contributed by atoms with Crippen LogP contribution in [-0.4, -0.2) is 30.1 Å². The highest BCUT2D eigenvalue weighted by molar-refractivity contribution is 5.23. The van der Waals surface area contributed by atoms with Crippen LogP contribution in [0.3, 0.4) is 0 Å². The minimum Gasteiger partial charge on any atom is -0.314 e. The molecule has 2 aliphatic rings. The van der Waals surface area contributed by atoms with Crippen molar-refractivity contribution in [3.63, 3.8) is 0 Å². The van der Waals surface area contributed by atoms with Gasteiger partial charge < -0.3 is 5.32 Å². The second kappa shape index (κ2) is 6.93. The molecule has 1 aromatic rings. The number of nitrogens with zero attached hydrogens (tertiary/aromatic N) is 1. The van der Waals surface area contributed by atoms with Crippen molar-refractivity contribution in [2.45, 2.75) is 64.6 Å². The monoisotopic (exact) mass is 286 g/mol. The van der Waals surface area contributed by atoms with E-state index in [2.05, 4.69) is 48.3 Å². The fraction of sp³-hybridized carbons (Fsp3) is 0.684. The van der Waals surface area contributed by atoms with Gasteiger partial charge in [0.05, 0.1) is 0 Å². The number of benzene rings is 1. The zero-order chi connectivity index (χ0) is 14.7. The Labute approximate surface area is 129 Å². The van der Waals surface area contributed by atoms with Gasteiger partial charge in [-0.2, -0.15) is 0 Å². The predicted molar refractivity (Wildman–Crippen MR) is 89.4 cm³/mol. The van der Waals surface area contributed by atoms with Crippen LogP contribution in [0.5, 0.6) is 0 Å². The quantitative estimate of drug-likeness (QED) is 0.746. The Morgan fingerprint density at radius 2 is 1.71 bits per heavy atom. The van der Waals surface area contributed by atoms with Crippen LogP contribution >= 0.6 is 0 Å². The van der Waals surface area contributed by atoms with E-state index in [4.69, 9.17) is 0 Å². The highest BCUT2D eigenvalue weighted by atomic mass is 15.2. The Bertz CT molecular complexity index is 429. The van der Waals surface area contributed by atoms with Crippen molar-refractivity contribution in [2.75, 3.05) is 13.1 Å². The van der Waals surface area contributed by atoms with Crippen molar-refractivity contribution in [1.29, 1.82) is 0 Å². The molecule has 0 unspecified atom stereocenters. The number of hydrogen-bond acceptors (Lipinski definition) is 2. The highest BCUT2D eigenvalue weighted by Crippen LogP contribution is 2.35. The lowest BCUT2D eigenvalue weighted by Gasteiger charge is -2.22. The largest absolute Gasteiger partial charge is 0.314 e. The summed E-state index contributed by atoms with van der Waals surface area (Å²) in [6.07, 6.45) is 6.90. The first-order valence-corrected chi connectivity index (χ1v) is 8.76. The molecule has 0 heterocycles. The Hall–Kier alpha value is -0.860. The molecule has 0 amide bonds. The minimum absolute atomic E-state index is 0.582. The Balaban J connectivity index is 1.48. The van der Waals surface area contributed by atoms with Crippen LogP contribution in [-0.2, 0) is 13.0 Å². The lowest BCUT2D eigenvalue weighted by molar-refractivity contribution is 0.244. The normalized spacial score (nSPS) is 18.7. The molecular formula is C19H30N2. The first kappa shape index (κ1) is 15.1. The average Bonchev–Trinajstić information content (AvgIpc) is 3.33. The SMILES string of the molecule is CC(C)NCCc1ccc(CN(CC2CC2)C2CC2)cc1. The maximum atomic E-state index is 3.48. The maximum absolute atomic E-state index is 3.48. The van der Waals surface area contributed by atoms with Crippen molar-refractivity contribution >= 4 is 0 Å². The van der Waals surface area contributed by atoms with Gasteiger partial charge in [0.15, 0.2) is 0 Å². The zero-order valence-electron chi connectivity index (χ0n) is 13.6. The summed E-state index contributed by atoms with van der Waals surface area (Å²) in [5.74, 6) is 1.01. The molecule has 0 spiro atoms. The van der Waals surface area contributed by atoms with Crippen molar-refractivity contribution < 1.29 is 0 Å². The van der Waals surface area contributed by atoms with Gasteiger partial charge in [0.25, 0.3) is 0 Å². The van der Waals surface area contributed by atoms with Gasteiger partial charge in [0.1, 0.15) is 0 Å². The fourth-order valence-electron chi connectivity index (χ4n) is 2.97. The summed E-state index contributed by atoms with van der Waals surface area (Å²) in [4.78, 5) is 2.73. The topological polar surface area (TPSA) is 15.3 Å². The summed E-state index contributed by atoms with van der Waals surface area (Å²) in [6.45, 7) is 7.98. The molecule has 0 bridgehead atoms. The molecule has 0 aliphatic heterocycles. The van der Waals surface area contributed by atoms with Crippen LogP contribution in [0.4, 0.5) is 0 Å². The predicted octanol–water partition coefficient (Wildman–Crippen LogP) is 3.60. The molecule has 116 valence electrons. The van der Waals surface area contributed by atoms with E-state index >= 15 is 0 Å². The summed E-state index contributed by atoms with van der Waals surface area (Å²) in [5.41, 5.74) is 2.94. The van der Waals surface area contributed by atoms with Crippen molar-refractivity contribution in [2.24, 2.45) is 5.92 Å². The van der Waals surface area contributed by atoms with Crippen LogP contribution in [0.2, 0.25) is 0 Å². The van der Waals surface area contributed by atoms with Crippen LogP contribution in [0.1, 0.15) is 50.7 Å². The maximum Gasteiger partial charge on any atom is 0.0236 e. The molecule has 2 fully saturated rings. The summed E-state index contributed by atoms with van der Waals surface area (Å²) in [5, 5.41) is 3.48. The van der Waals surface area contributed by atoms with Gasteiger partial charge in [-0.15, -0.1) is 0 Å². The van der Waals surface area contributed by atoms with Crippen molar-refractivity contribution in [3.05, 3.63) is 35.4 Å². The van der Waals surface area contributed by atoms with Gasteiger partial charge in [-0.1, -0.05) is 38.1 Å². The first-order valence-electron chi connectivity index (χ1n) is 8.76. The van der Waals surface area contributed by atoms with Crippen molar-refractivity contribution in [3.8, 4) is 0 Å². The lowest BCUT2D eigenvalue weighted by Crippen LogP contribution is -2.27. The summed E-state index contributed by atoms with van der Waals surface area (Å²) < 4.78 is 0. The molecule has 0 radical (unpaired) electrons. The van der Waals surface area contributed by atoms with E-state index in [1.165, 1.54) is 43.4 Å². The van der Waals surface area contributed by atoms with E-state index in [9.17, 15) is 0 Å². The molecule has 2 nitrogen and oxygen atoms in total. The number of rotatable bonds is 9. The number of nitrogens with one attached hydrogen (secondary N) is 1. The molecular weight excluding hydrogens is 256 g/mol. The third kappa shape index (κ3) is 5.12. The molecule has 1 N–H and O–H groups in total. The van der Waals surface area contributed by atoms with E-state index in [1.807, 2.05) is 0 Å². The van der Waals surface area contributed by atoms with Crippen molar-refractivity contribution in [1.82, 2.24) is 10.2 Å². The fourth-order valence-corrected chi connectivity index (χ4v) is 2.97. The molecule has 0 saturated heterocycles. The molecule has 3 rings (SSSR count). The third-order valence-corrected chi connectivity index (χ3v) is 4.63. The van der Waals surface area contributed by atoms with Gasteiger partial charge in [0.2, 0.25) is 0 Å². The van der Waals surface area contributed by atoms with Gasteiger partial charge in [-0.3, -0.25) is 4.90 Å². The second-order valence-electron chi connectivity index (χ2n) is 7.28. The molecule has 1 aromatic carbocycles. The van der Waals surface area contributed by atoms with Crippen LogP contribution in [0, 0.1) is 5.92 Å². The molecule has 2 heteroatoms. The third-order valence-electron chi connectivity index (χ3n) is 4.63. The Morgan fingerprint density at radius 1 is 1.05 bits per heavy atom. The average molecular weight is 286 g/mol. The summed E-state index contributed by atoms with van der Waals surface area (Å²) in [7, 11) is 0. The van der Waals surface area contributed by atoms with E-state index in [1.54, 1.807) is 0 Å².